The highest BCUT2D eigenvalue weighted by Gasteiger charge is 2.16. The van der Waals surface area contributed by atoms with E-state index in [1.165, 1.54) is 30.3 Å². The van der Waals surface area contributed by atoms with Gasteiger partial charge in [-0.05, 0) is 30.3 Å². The average Bonchev–Trinajstić information content (AvgIpc) is 2.41. The summed E-state index contributed by atoms with van der Waals surface area (Å²) < 4.78 is 26.5. The summed E-state index contributed by atoms with van der Waals surface area (Å²) in [5, 5.41) is 8.86. The highest BCUT2D eigenvalue weighted by atomic mass is 35.5. The molecule has 0 aliphatic heterocycles. The van der Waals surface area contributed by atoms with Crippen molar-refractivity contribution in [1.29, 1.82) is 5.26 Å². The van der Waals surface area contributed by atoms with E-state index in [2.05, 4.69) is 9.71 Å². The third-order valence-electron chi connectivity index (χ3n) is 2.41. The monoisotopic (exact) mass is 308 g/mol. The molecular formula is C12H9ClN4O2S. The standard InChI is InChI=1S/C12H9ClN4O2S/c13-10-5-8(6-14)1-3-11(10)17-20(18,19)9-2-4-12(15)16-7-9/h1-5,7,17H,(H2,15,16). The van der Waals surface area contributed by atoms with Crippen LogP contribution in [-0.4, -0.2) is 13.4 Å². The summed E-state index contributed by atoms with van der Waals surface area (Å²) in [6, 6.07) is 8.89. The molecule has 2 rings (SSSR count). The summed E-state index contributed by atoms with van der Waals surface area (Å²) in [6.45, 7) is 0. The third kappa shape index (κ3) is 2.99. The molecule has 0 saturated heterocycles. The first-order valence-electron chi connectivity index (χ1n) is 5.36. The number of halogens is 1. The molecule has 20 heavy (non-hydrogen) atoms. The summed E-state index contributed by atoms with van der Waals surface area (Å²) in [5.41, 5.74) is 5.92. The molecule has 0 aliphatic carbocycles. The van der Waals surface area contributed by atoms with Crippen molar-refractivity contribution in [3.63, 3.8) is 0 Å². The molecule has 0 unspecified atom stereocenters. The summed E-state index contributed by atoms with van der Waals surface area (Å²) in [6.07, 6.45) is 1.15. The van der Waals surface area contributed by atoms with E-state index < -0.39 is 10.0 Å². The Kier molecular flexibility index (Phi) is 3.79. The number of nitriles is 1. The summed E-state index contributed by atoms with van der Waals surface area (Å²) in [4.78, 5) is 3.68. The van der Waals surface area contributed by atoms with Crippen LogP contribution >= 0.6 is 11.6 Å². The molecule has 0 fully saturated rings. The molecule has 8 heteroatoms. The predicted octanol–water partition coefficient (Wildman–Crippen LogP) is 1.99. The first-order chi connectivity index (χ1) is 9.42. The quantitative estimate of drug-likeness (QED) is 0.901. The van der Waals surface area contributed by atoms with Gasteiger partial charge in [-0.15, -0.1) is 0 Å². The molecular weight excluding hydrogens is 300 g/mol. The van der Waals surface area contributed by atoms with E-state index in [0.717, 1.165) is 6.20 Å². The molecule has 1 aromatic heterocycles. The Morgan fingerprint density at radius 2 is 2.05 bits per heavy atom. The van der Waals surface area contributed by atoms with Gasteiger partial charge in [0.05, 0.1) is 22.3 Å². The van der Waals surface area contributed by atoms with Crippen LogP contribution < -0.4 is 10.5 Å². The molecule has 0 radical (unpaired) electrons. The molecule has 0 atom stereocenters. The first kappa shape index (κ1) is 14.1. The van der Waals surface area contributed by atoms with Crippen molar-refractivity contribution < 1.29 is 8.42 Å². The van der Waals surface area contributed by atoms with E-state index in [0.29, 0.717) is 5.56 Å². The molecule has 0 aliphatic rings. The number of nitrogens with one attached hydrogen (secondary N) is 1. The Labute approximate surface area is 120 Å². The maximum atomic E-state index is 12.1. The van der Waals surface area contributed by atoms with E-state index in [4.69, 9.17) is 22.6 Å². The number of anilines is 2. The van der Waals surface area contributed by atoms with Crippen LogP contribution in [-0.2, 0) is 10.0 Å². The smallest absolute Gasteiger partial charge is 0.263 e. The molecule has 0 amide bonds. The van der Waals surface area contributed by atoms with Crippen molar-refractivity contribution in [3.8, 4) is 6.07 Å². The van der Waals surface area contributed by atoms with Gasteiger partial charge in [-0.2, -0.15) is 5.26 Å². The number of sulfonamides is 1. The fourth-order valence-electron chi connectivity index (χ4n) is 1.42. The first-order valence-corrected chi connectivity index (χ1v) is 7.22. The number of hydrogen-bond donors (Lipinski definition) is 2. The fraction of sp³-hybridized carbons (Fsp3) is 0. The Morgan fingerprint density at radius 1 is 1.30 bits per heavy atom. The Balaban J connectivity index is 2.34. The second-order valence-electron chi connectivity index (χ2n) is 3.83. The van der Waals surface area contributed by atoms with Crippen LogP contribution in [0.3, 0.4) is 0 Å². The van der Waals surface area contributed by atoms with Gasteiger partial charge in [0.1, 0.15) is 10.7 Å². The normalized spacial score (nSPS) is 10.8. The molecule has 2 aromatic rings. The molecule has 1 heterocycles. The van der Waals surface area contributed by atoms with Crippen molar-refractivity contribution >= 4 is 33.1 Å². The lowest BCUT2D eigenvalue weighted by Crippen LogP contribution is -2.13. The summed E-state index contributed by atoms with van der Waals surface area (Å²) in [7, 11) is -3.81. The molecule has 0 saturated carbocycles. The van der Waals surface area contributed by atoms with E-state index >= 15 is 0 Å². The third-order valence-corrected chi connectivity index (χ3v) is 4.08. The van der Waals surface area contributed by atoms with Gasteiger partial charge < -0.3 is 5.73 Å². The number of nitrogens with two attached hydrogens (primary N) is 1. The van der Waals surface area contributed by atoms with E-state index in [1.54, 1.807) is 0 Å². The molecule has 0 bridgehead atoms. The zero-order valence-corrected chi connectivity index (χ0v) is 11.6. The van der Waals surface area contributed by atoms with Crippen molar-refractivity contribution in [2.45, 2.75) is 4.90 Å². The van der Waals surface area contributed by atoms with Crippen molar-refractivity contribution in [2.24, 2.45) is 0 Å². The van der Waals surface area contributed by atoms with Crippen LogP contribution in [0.25, 0.3) is 0 Å². The second-order valence-corrected chi connectivity index (χ2v) is 5.92. The van der Waals surface area contributed by atoms with Crippen molar-refractivity contribution in [1.82, 2.24) is 4.98 Å². The molecule has 0 spiro atoms. The van der Waals surface area contributed by atoms with Crippen LogP contribution in [0.15, 0.2) is 41.4 Å². The number of hydrogen-bond acceptors (Lipinski definition) is 5. The van der Waals surface area contributed by atoms with Crippen molar-refractivity contribution in [2.75, 3.05) is 10.5 Å². The van der Waals surface area contributed by atoms with E-state index in [1.807, 2.05) is 6.07 Å². The summed E-state index contributed by atoms with van der Waals surface area (Å²) >= 11 is 5.91. The molecule has 102 valence electrons. The average molecular weight is 309 g/mol. The van der Waals surface area contributed by atoms with Gasteiger partial charge in [0, 0.05) is 6.20 Å². The SMILES string of the molecule is N#Cc1ccc(NS(=O)(=O)c2ccc(N)nc2)c(Cl)c1. The minimum Gasteiger partial charge on any atom is -0.384 e. The topological polar surface area (TPSA) is 109 Å². The lowest BCUT2D eigenvalue weighted by molar-refractivity contribution is 0.601. The van der Waals surface area contributed by atoms with Gasteiger partial charge in [0.25, 0.3) is 10.0 Å². The van der Waals surface area contributed by atoms with Crippen LogP contribution in [0.4, 0.5) is 11.5 Å². The zero-order valence-electron chi connectivity index (χ0n) is 10.0. The number of nitrogens with zero attached hydrogens (tertiary/aromatic N) is 2. The van der Waals surface area contributed by atoms with E-state index in [-0.39, 0.29) is 21.4 Å². The number of pyridine rings is 1. The lowest BCUT2D eigenvalue weighted by Gasteiger charge is -2.09. The number of aromatic nitrogens is 1. The number of rotatable bonds is 3. The Bertz CT molecular complexity index is 782. The molecule has 3 N–H and O–H groups in total. The van der Waals surface area contributed by atoms with Gasteiger partial charge in [-0.3, -0.25) is 4.72 Å². The predicted molar refractivity (Wildman–Crippen MR) is 75.6 cm³/mol. The van der Waals surface area contributed by atoms with Crippen LogP contribution in [0.5, 0.6) is 0 Å². The van der Waals surface area contributed by atoms with Gasteiger partial charge in [0.2, 0.25) is 0 Å². The lowest BCUT2D eigenvalue weighted by atomic mass is 10.2. The minimum atomic E-state index is -3.81. The maximum absolute atomic E-state index is 12.1. The number of benzene rings is 1. The van der Waals surface area contributed by atoms with Crippen LogP contribution in [0, 0.1) is 11.3 Å². The largest absolute Gasteiger partial charge is 0.384 e. The summed E-state index contributed by atoms with van der Waals surface area (Å²) in [5.74, 6) is 0.223. The second kappa shape index (κ2) is 5.36. The van der Waals surface area contributed by atoms with Gasteiger partial charge in [-0.25, -0.2) is 13.4 Å². The van der Waals surface area contributed by atoms with Crippen LogP contribution in [0.1, 0.15) is 5.56 Å². The highest BCUT2D eigenvalue weighted by molar-refractivity contribution is 7.92. The fourth-order valence-corrected chi connectivity index (χ4v) is 2.73. The molecule has 6 nitrogen and oxygen atoms in total. The van der Waals surface area contributed by atoms with Gasteiger partial charge in [0.15, 0.2) is 0 Å². The molecule has 1 aromatic carbocycles. The van der Waals surface area contributed by atoms with Crippen molar-refractivity contribution in [3.05, 3.63) is 47.1 Å². The zero-order chi connectivity index (χ0) is 14.8. The van der Waals surface area contributed by atoms with Crippen LogP contribution in [0.2, 0.25) is 5.02 Å². The number of nitrogen functional groups attached to an aromatic ring is 1. The highest BCUT2D eigenvalue weighted by Crippen LogP contribution is 2.25. The van der Waals surface area contributed by atoms with E-state index in [9.17, 15) is 8.42 Å². The maximum Gasteiger partial charge on any atom is 0.263 e. The van der Waals surface area contributed by atoms with Gasteiger partial charge >= 0.3 is 0 Å². The van der Waals surface area contributed by atoms with Gasteiger partial charge in [-0.1, -0.05) is 11.6 Å². The minimum absolute atomic E-state index is 0.0351. The Hall–Kier alpha value is -2.30. The Morgan fingerprint density at radius 3 is 2.60 bits per heavy atom.